The highest BCUT2D eigenvalue weighted by Crippen LogP contribution is 2.39. The van der Waals surface area contributed by atoms with Gasteiger partial charge in [0.25, 0.3) is 0 Å². The highest BCUT2D eigenvalue weighted by Gasteiger charge is 2.43. The van der Waals surface area contributed by atoms with Gasteiger partial charge in [-0.3, -0.25) is 4.90 Å². The molecule has 0 aromatic carbocycles. The Kier molecular flexibility index (Phi) is 2.85. The molecule has 0 amide bonds. The van der Waals surface area contributed by atoms with Crippen molar-refractivity contribution in [3.05, 3.63) is 0 Å². The summed E-state index contributed by atoms with van der Waals surface area (Å²) in [6.45, 7) is 8.63. The molecule has 0 saturated carbocycles. The summed E-state index contributed by atoms with van der Waals surface area (Å²) < 4.78 is 0. The fourth-order valence-electron chi connectivity index (χ4n) is 3.34. The monoisotopic (exact) mass is 196 g/mol. The van der Waals surface area contributed by atoms with Gasteiger partial charge >= 0.3 is 0 Å². The average Bonchev–Trinajstić information content (AvgIpc) is 2.55. The average molecular weight is 196 g/mol. The van der Waals surface area contributed by atoms with Crippen LogP contribution in [0.4, 0.5) is 0 Å². The number of hydrogen-bond acceptors (Lipinski definition) is 2. The topological polar surface area (TPSA) is 6.48 Å². The van der Waals surface area contributed by atoms with Gasteiger partial charge in [-0.2, -0.15) is 0 Å². The van der Waals surface area contributed by atoms with Crippen molar-refractivity contribution < 1.29 is 0 Å². The number of nitrogens with zero attached hydrogens (tertiary/aromatic N) is 2. The lowest BCUT2D eigenvalue weighted by Crippen LogP contribution is -2.53. The van der Waals surface area contributed by atoms with Crippen LogP contribution in [0.1, 0.15) is 39.5 Å². The van der Waals surface area contributed by atoms with Crippen molar-refractivity contribution in [1.82, 2.24) is 9.80 Å². The molecule has 2 heteroatoms. The van der Waals surface area contributed by atoms with E-state index in [2.05, 4.69) is 30.7 Å². The van der Waals surface area contributed by atoms with Crippen LogP contribution in [0.15, 0.2) is 0 Å². The first-order chi connectivity index (χ1) is 6.64. The van der Waals surface area contributed by atoms with Crippen molar-refractivity contribution in [3.8, 4) is 0 Å². The summed E-state index contributed by atoms with van der Waals surface area (Å²) in [6, 6.07) is 0.737. The highest BCUT2D eigenvalue weighted by atomic mass is 15.3. The molecule has 0 aromatic rings. The first-order valence-electron chi connectivity index (χ1n) is 6.09. The normalized spacial score (nSPS) is 29.1. The molecule has 2 saturated heterocycles. The minimum Gasteiger partial charge on any atom is -0.306 e. The second kappa shape index (κ2) is 3.82. The minimum absolute atomic E-state index is 0.584. The molecule has 2 nitrogen and oxygen atoms in total. The zero-order valence-corrected chi connectivity index (χ0v) is 9.92. The van der Waals surface area contributed by atoms with Crippen LogP contribution in [0.2, 0.25) is 0 Å². The lowest BCUT2D eigenvalue weighted by Gasteiger charge is -2.46. The van der Waals surface area contributed by atoms with E-state index in [4.69, 9.17) is 0 Å². The Morgan fingerprint density at radius 1 is 1.00 bits per heavy atom. The molecule has 2 fully saturated rings. The van der Waals surface area contributed by atoms with Gasteiger partial charge < -0.3 is 4.90 Å². The maximum Gasteiger partial charge on any atom is 0.0237 e. The molecule has 0 N–H and O–H groups in total. The Balaban J connectivity index is 2.06. The quantitative estimate of drug-likeness (QED) is 0.632. The molecule has 0 aliphatic carbocycles. The molecule has 2 aliphatic rings. The summed E-state index contributed by atoms with van der Waals surface area (Å²) >= 11 is 0. The highest BCUT2D eigenvalue weighted by molar-refractivity contribution is 4.99. The Hall–Kier alpha value is -0.0800. The molecule has 0 radical (unpaired) electrons. The van der Waals surface area contributed by atoms with Crippen LogP contribution in [0.5, 0.6) is 0 Å². The maximum atomic E-state index is 2.76. The Labute approximate surface area is 88.3 Å². The molecule has 0 bridgehead atoms. The van der Waals surface area contributed by atoms with Crippen molar-refractivity contribution in [1.29, 1.82) is 0 Å². The SMILES string of the molecule is CC(C)N1CCCC12CCN(C)CC2. The molecule has 2 heterocycles. The van der Waals surface area contributed by atoms with E-state index in [1.807, 2.05) is 0 Å². The maximum absolute atomic E-state index is 2.76. The number of piperidine rings is 1. The third kappa shape index (κ3) is 1.70. The standard InChI is InChI=1S/C12H24N2/c1-11(2)14-8-4-5-12(14)6-9-13(3)10-7-12/h11H,4-10H2,1-3H3. The molecule has 0 aromatic heterocycles. The van der Waals surface area contributed by atoms with E-state index in [0.29, 0.717) is 5.54 Å². The number of rotatable bonds is 1. The first kappa shape index (κ1) is 10.4. The van der Waals surface area contributed by atoms with Gasteiger partial charge in [0.05, 0.1) is 0 Å². The molecule has 0 unspecified atom stereocenters. The van der Waals surface area contributed by atoms with Crippen LogP contribution >= 0.6 is 0 Å². The first-order valence-corrected chi connectivity index (χ1v) is 6.09. The van der Waals surface area contributed by atoms with Crippen molar-refractivity contribution in [2.24, 2.45) is 0 Å². The van der Waals surface area contributed by atoms with E-state index in [0.717, 1.165) is 6.04 Å². The molecule has 82 valence electrons. The molecular formula is C12H24N2. The van der Waals surface area contributed by atoms with E-state index in [1.165, 1.54) is 45.3 Å². The van der Waals surface area contributed by atoms with Crippen LogP contribution in [0.25, 0.3) is 0 Å². The summed E-state index contributed by atoms with van der Waals surface area (Å²) in [4.78, 5) is 5.24. The van der Waals surface area contributed by atoms with Crippen LogP contribution in [0.3, 0.4) is 0 Å². The van der Waals surface area contributed by atoms with Gasteiger partial charge in [-0.05, 0) is 66.2 Å². The van der Waals surface area contributed by atoms with E-state index < -0.39 is 0 Å². The largest absolute Gasteiger partial charge is 0.306 e. The van der Waals surface area contributed by atoms with Crippen LogP contribution in [-0.2, 0) is 0 Å². The van der Waals surface area contributed by atoms with Crippen LogP contribution in [0, 0.1) is 0 Å². The molecular weight excluding hydrogens is 172 g/mol. The van der Waals surface area contributed by atoms with Crippen molar-refractivity contribution in [2.75, 3.05) is 26.7 Å². The fourth-order valence-corrected chi connectivity index (χ4v) is 3.34. The second-order valence-corrected chi connectivity index (χ2v) is 5.42. The second-order valence-electron chi connectivity index (χ2n) is 5.42. The van der Waals surface area contributed by atoms with Gasteiger partial charge in [0.2, 0.25) is 0 Å². The predicted octanol–water partition coefficient (Wildman–Crippen LogP) is 1.96. The van der Waals surface area contributed by atoms with Crippen molar-refractivity contribution in [2.45, 2.75) is 51.1 Å². The van der Waals surface area contributed by atoms with E-state index >= 15 is 0 Å². The van der Waals surface area contributed by atoms with Gasteiger partial charge in [-0.25, -0.2) is 0 Å². The summed E-state index contributed by atoms with van der Waals surface area (Å²) in [6.07, 6.45) is 5.64. The van der Waals surface area contributed by atoms with Crippen molar-refractivity contribution in [3.63, 3.8) is 0 Å². The summed E-state index contributed by atoms with van der Waals surface area (Å²) in [5.74, 6) is 0. The Morgan fingerprint density at radius 2 is 1.64 bits per heavy atom. The summed E-state index contributed by atoms with van der Waals surface area (Å²) in [5.41, 5.74) is 0.584. The number of hydrogen-bond donors (Lipinski definition) is 0. The van der Waals surface area contributed by atoms with Gasteiger partial charge in [0, 0.05) is 11.6 Å². The summed E-state index contributed by atoms with van der Waals surface area (Å²) in [5, 5.41) is 0. The summed E-state index contributed by atoms with van der Waals surface area (Å²) in [7, 11) is 2.25. The third-order valence-corrected chi connectivity index (χ3v) is 4.19. The fraction of sp³-hybridized carbons (Fsp3) is 1.00. The molecule has 2 aliphatic heterocycles. The molecule has 14 heavy (non-hydrogen) atoms. The molecule has 1 spiro atoms. The van der Waals surface area contributed by atoms with Gasteiger partial charge in [-0.15, -0.1) is 0 Å². The van der Waals surface area contributed by atoms with E-state index in [-0.39, 0.29) is 0 Å². The lowest BCUT2D eigenvalue weighted by molar-refractivity contribution is 0.0407. The molecule has 0 atom stereocenters. The molecule has 2 rings (SSSR count). The minimum atomic E-state index is 0.584. The van der Waals surface area contributed by atoms with Crippen molar-refractivity contribution >= 4 is 0 Å². The Bertz CT molecular complexity index is 192. The van der Waals surface area contributed by atoms with E-state index in [1.54, 1.807) is 0 Å². The zero-order valence-electron chi connectivity index (χ0n) is 9.92. The van der Waals surface area contributed by atoms with E-state index in [9.17, 15) is 0 Å². The van der Waals surface area contributed by atoms with Gasteiger partial charge in [0.1, 0.15) is 0 Å². The predicted molar refractivity (Wildman–Crippen MR) is 60.5 cm³/mol. The van der Waals surface area contributed by atoms with Gasteiger partial charge in [-0.1, -0.05) is 0 Å². The lowest BCUT2D eigenvalue weighted by atomic mass is 9.84. The zero-order chi connectivity index (χ0) is 10.2. The van der Waals surface area contributed by atoms with Crippen LogP contribution < -0.4 is 0 Å². The van der Waals surface area contributed by atoms with Crippen LogP contribution in [-0.4, -0.2) is 48.1 Å². The van der Waals surface area contributed by atoms with Gasteiger partial charge in [0.15, 0.2) is 0 Å². The number of likely N-dealkylation sites (tertiary alicyclic amines) is 2. The smallest absolute Gasteiger partial charge is 0.0237 e. The Morgan fingerprint density at radius 3 is 2.21 bits per heavy atom. The third-order valence-electron chi connectivity index (χ3n) is 4.19.